The van der Waals surface area contributed by atoms with Crippen molar-refractivity contribution in [2.75, 3.05) is 44.5 Å². The Balaban J connectivity index is 1.21. The highest BCUT2D eigenvalue weighted by Crippen LogP contribution is 2.46. The maximum absolute atomic E-state index is 13.5. The van der Waals surface area contributed by atoms with Crippen molar-refractivity contribution < 1.29 is 26.3 Å². The maximum Gasteiger partial charge on any atom is 0.231 e. The van der Waals surface area contributed by atoms with Crippen molar-refractivity contribution in [1.82, 2.24) is 13.9 Å². The van der Waals surface area contributed by atoms with E-state index in [0.717, 1.165) is 69.5 Å². The Morgan fingerprint density at radius 3 is 2.62 bits per heavy atom. The number of nitrogens with zero attached hydrogens (tertiary/aromatic N) is 2. The monoisotopic (exact) mass is 555 g/mol. The van der Waals surface area contributed by atoms with E-state index >= 15 is 0 Å². The number of piperidine rings is 2. The van der Waals surface area contributed by atoms with Crippen LogP contribution < -0.4 is 14.2 Å². The Kier molecular flexibility index (Phi) is 8.36. The average Bonchev–Trinajstić information content (AvgIpc) is 3.34. The zero-order chi connectivity index (χ0) is 26.0. The largest absolute Gasteiger partial charge is 0.454 e. The molecule has 208 valence electrons. The molecule has 0 amide bonds. The molecule has 1 aromatic carbocycles. The summed E-state index contributed by atoms with van der Waals surface area (Å²) in [6, 6.07) is 4.35. The van der Waals surface area contributed by atoms with Gasteiger partial charge in [0.05, 0.1) is 11.5 Å². The number of nitrogens with one attached hydrogen (secondary N) is 1. The van der Waals surface area contributed by atoms with Crippen LogP contribution in [-0.4, -0.2) is 76.6 Å². The number of sulfonamides is 2. The van der Waals surface area contributed by atoms with Gasteiger partial charge in [-0.05, 0) is 67.7 Å². The van der Waals surface area contributed by atoms with E-state index < -0.39 is 20.0 Å². The second-order valence-electron chi connectivity index (χ2n) is 10.9. The molecule has 0 unspecified atom stereocenters. The molecule has 0 radical (unpaired) electrons. The van der Waals surface area contributed by atoms with Crippen LogP contribution in [0.15, 0.2) is 12.1 Å². The van der Waals surface area contributed by atoms with Gasteiger partial charge in [0.1, 0.15) is 0 Å². The van der Waals surface area contributed by atoms with Gasteiger partial charge < -0.3 is 9.47 Å². The Labute approximate surface area is 222 Å². The molecule has 0 saturated carbocycles. The normalized spacial score (nSPS) is 25.9. The molecule has 3 atom stereocenters. The van der Waals surface area contributed by atoms with E-state index in [1.54, 1.807) is 4.31 Å². The minimum absolute atomic E-state index is 0.0216. The minimum atomic E-state index is -3.49. The predicted molar refractivity (Wildman–Crippen MR) is 143 cm³/mol. The molecule has 1 aromatic rings. The minimum Gasteiger partial charge on any atom is -0.454 e. The molecule has 0 aromatic heterocycles. The molecule has 9 nitrogen and oxygen atoms in total. The smallest absolute Gasteiger partial charge is 0.231 e. The van der Waals surface area contributed by atoms with Gasteiger partial charge in [-0.25, -0.2) is 21.6 Å². The van der Waals surface area contributed by atoms with Crippen LogP contribution in [0.25, 0.3) is 0 Å². The van der Waals surface area contributed by atoms with Crippen LogP contribution in [0.2, 0.25) is 0 Å². The van der Waals surface area contributed by atoms with Gasteiger partial charge in [-0.1, -0.05) is 26.2 Å². The van der Waals surface area contributed by atoms with Crippen LogP contribution in [0.3, 0.4) is 0 Å². The van der Waals surface area contributed by atoms with Crippen LogP contribution in [-0.2, 0) is 26.5 Å². The number of hydrogen-bond acceptors (Lipinski definition) is 7. The summed E-state index contributed by atoms with van der Waals surface area (Å²) in [5, 5.41) is 0. The van der Waals surface area contributed by atoms with Crippen molar-refractivity contribution >= 4 is 20.0 Å². The van der Waals surface area contributed by atoms with Crippen LogP contribution in [0.5, 0.6) is 11.5 Å². The molecule has 11 heteroatoms. The fourth-order valence-electron chi connectivity index (χ4n) is 6.53. The van der Waals surface area contributed by atoms with Gasteiger partial charge in [0.2, 0.25) is 26.8 Å². The quantitative estimate of drug-likeness (QED) is 0.419. The van der Waals surface area contributed by atoms with E-state index in [0.29, 0.717) is 18.9 Å². The van der Waals surface area contributed by atoms with Gasteiger partial charge in [0, 0.05) is 38.3 Å². The first kappa shape index (κ1) is 27.2. The molecule has 0 bridgehead atoms. The second kappa shape index (κ2) is 11.4. The molecule has 2 fully saturated rings. The fraction of sp³-hybridized carbons (Fsp3) is 0.769. The lowest BCUT2D eigenvalue weighted by Crippen LogP contribution is -2.57. The van der Waals surface area contributed by atoms with Gasteiger partial charge in [-0.2, -0.15) is 4.31 Å². The van der Waals surface area contributed by atoms with Crippen LogP contribution in [0.1, 0.15) is 75.5 Å². The standard InChI is InChI=1S/C26H41N3O6S2/c1-2-3-4-5-13-36(30,31)27-10-7-14-37(32,33)29-11-6-8-21-18-28-12-9-20-15-25-26(35-19-34-25)16-22(20)24(28)17-23(21)29/h15-16,21,23-24,27H,2-14,17-19H2,1H3/t21-,23+,24+/m1/s1. The molecule has 5 rings (SSSR count). The third-order valence-electron chi connectivity index (χ3n) is 8.43. The zero-order valence-corrected chi connectivity index (χ0v) is 23.5. The fourth-order valence-corrected chi connectivity index (χ4v) is 9.53. The summed E-state index contributed by atoms with van der Waals surface area (Å²) in [6.45, 7) is 4.93. The van der Waals surface area contributed by atoms with Gasteiger partial charge in [0.25, 0.3) is 0 Å². The van der Waals surface area contributed by atoms with Gasteiger partial charge in [0.15, 0.2) is 11.5 Å². The van der Waals surface area contributed by atoms with Crippen LogP contribution >= 0.6 is 0 Å². The first-order valence-corrected chi connectivity index (χ1v) is 17.2. The lowest BCUT2D eigenvalue weighted by atomic mass is 9.77. The summed E-state index contributed by atoms with van der Waals surface area (Å²) >= 11 is 0. The van der Waals surface area contributed by atoms with Crippen molar-refractivity contribution in [3.63, 3.8) is 0 Å². The van der Waals surface area contributed by atoms with Crippen molar-refractivity contribution in [3.05, 3.63) is 23.3 Å². The molecule has 1 N–H and O–H groups in total. The Morgan fingerprint density at radius 1 is 1.00 bits per heavy atom. The third-order valence-corrected chi connectivity index (χ3v) is 11.9. The number of ether oxygens (including phenoxy) is 2. The van der Waals surface area contributed by atoms with Crippen molar-refractivity contribution in [3.8, 4) is 11.5 Å². The molecule has 4 heterocycles. The SMILES string of the molecule is CCCCCCS(=O)(=O)NCCCS(=O)(=O)N1CCC[C@@H]2CN3CCc4cc5c(cc4[C@@H]3C[C@@H]21)OCO5. The number of hydrogen-bond donors (Lipinski definition) is 1. The molecule has 4 aliphatic heterocycles. The molecule has 2 saturated heterocycles. The first-order valence-electron chi connectivity index (χ1n) is 13.9. The number of rotatable bonds is 11. The zero-order valence-electron chi connectivity index (χ0n) is 21.9. The van der Waals surface area contributed by atoms with E-state index in [1.165, 1.54) is 11.1 Å². The average molecular weight is 556 g/mol. The van der Waals surface area contributed by atoms with Gasteiger partial charge in [-0.15, -0.1) is 0 Å². The van der Waals surface area contributed by atoms with E-state index in [2.05, 4.69) is 28.7 Å². The Morgan fingerprint density at radius 2 is 1.81 bits per heavy atom. The lowest BCUT2D eigenvalue weighted by Gasteiger charge is -2.51. The van der Waals surface area contributed by atoms with E-state index in [1.807, 2.05) is 0 Å². The maximum atomic E-state index is 13.5. The molecule has 0 spiro atoms. The van der Waals surface area contributed by atoms with Crippen LogP contribution in [0, 0.1) is 5.92 Å². The number of fused-ring (bicyclic) bond motifs is 5. The van der Waals surface area contributed by atoms with E-state index in [9.17, 15) is 16.8 Å². The highest BCUT2D eigenvalue weighted by atomic mass is 32.2. The van der Waals surface area contributed by atoms with Gasteiger partial charge >= 0.3 is 0 Å². The Bertz CT molecular complexity index is 1170. The number of unbranched alkanes of at least 4 members (excludes halogenated alkanes) is 3. The third kappa shape index (κ3) is 6.11. The molecular weight excluding hydrogens is 514 g/mol. The summed E-state index contributed by atoms with van der Waals surface area (Å²) < 4.78 is 66.9. The molecular formula is C26H41N3O6S2. The molecule has 37 heavy (non-hydrogen) atoms. The van der Waals surface area contributed by atoms with Crippen LogP contribution in [0.4, 0.5) is 0 Å². The predicted octanol–water partition coefficient (Wildman–Crippen LogP) is 3.02. The molecule has 0 aliphatic carbocycles. The second-order valence-corrected chi connectivity index (χ2v) is 14.9. The lowest BCUT2D eigenvalue weighted by molar-refractivity contribution is 0.0219. The summed E-state index contributed by atoms with van der Waals surface area (Å²) in [5.74, 6) is 1.99. The number of benzene rings is 1. The summed E-state index contributed by atoms with van der Waals surface area (Å²) in [5.41, 5.74) is 2.52. The van der Waals surface area contributed by atoms with E-state index in [-0.39, 0.29) is 43.3 Å². The van der Waals surface area contributed by atoms with Crippen molar-refractivity contribution in [2.45, 2.75) is 76.8 Å². The highest BCUT2D eigenvalue weighted by Gasteiger charge is 2.46. The first-order chi connectivity index (χ1) is 17.8. The highest BCUT2D eigenvalue weighted by molar-refractivity contribution is 7.89. The van der Waals surface area contributed by atoms with Crippen molar-refractivity contribution in [1.29, 1.82) is 0 Å². The van der Waals surface area contributed by atoms with Crippen molar-refractivity contribution in [2.24, 2.45) is 5.92 Å². The summed E-state index contributed by atoms with van der Waals surface area (Å²) in [6.07, 6.45) is 7.58. The van der Waals surface area contributed by atoms with Gasteiger partial charge in [-0.3, -0.25) is 4.90 Å². The van der Waals surface area contributed by atoms with E-state index in [4.69, 9.17) is 9.47 Å². The molecule has 4 aliphatic rings. The topological polar surface area (TPSA) is 105 Å². The summed E-state index contributed by atoms with van der Waals surface area (Å²) in [7, 11) is -6.84. The summed E-state index contributed by atoms with van der Waals surface area (Å²) in [4.78, 5) is 2.52. The Hall–Kier alpha value is -1.40.